The molecule has 0 amide bonds. The van der Waals surface area contributed by atoms with Crippen molar-refractivity contribution in [3.8, 4) is 0 Å². The van der Waals surface area contributed by atoms with Crippen molar-refractivity contribution in [1.29, 1.82) is 0 Å². The summed E-state index contributed by atoms with van der Waals surface area (Å²) >= 11 is 5.90. The van der Waals surface area contributed by atoms with Crippen molar-refractivity contribution < 1.29 is 9.90 Å². The number of aliphatic carboxylic acids is 1. The van der Waals surface area contributed by atoms with Crippen molar-refractivity contribution in [2.75, 3.05) is 0 Å². The second kappa shape index (κ2) is 3.31. The van der Waals surface area contributed by atoms with Gasteiger partial charge in [0.1, 0.15) is 12.2 Å². The van der Waals surface area contributed by atoms with Gasteiger partial charge in [0.05, 0.1) is 16.7 Å². The fourth-order valence-electron chi connectivity index (χ4n) is 1.31. The molecule has 0 atom stereocenters. The maximum atomic E-state index is 10.5. The molecule has 2 heterocycles. The Morgan fingerprint density at radius 3 is 3.14 bits per heavy atom. The molecule has 4 nitrogen and oxygen atoms in total. The fraction of sp³-hybridized carbons (Fsp3) is 0.111. The third-order valence-corrected chi connectivity index (χ3v) is 2.22. The van der Waals surface area contributed by atoms with Crippen LogP contribution in [0.25, 0.3) is 5.52 Å². The lowest BCUT2D eigenvalue weighted by molar-refractivity contribution is -0.136. The first-order chi connectivity index (χ1) is 6.68. The van der Waals surface area contributed by atoms with E-state index >= 15 is 0 Å². The molecular weight excluding hydrogens is 204 g/mol. The average molecular weight is 211 g/mol. The molecule has 0 aliphatic heterocycles. The van der Waals surface area contributed by atoms with Gasteiger partial charge < -0.3 is 9.51 Å². The van der Waals surface area contributed by atoms with Gasteiger partial charge in [0.15, 0.2) is 0 Å². The summed E-state index contributed by atoms with van der Waals surface area (Å²) in [4.78, 5) is 14.5. The van der Waals surface area contributed by atoms with Crippen molar-refractivity contribution in [2.45, 2.75) is 6.42 Å². The monoisotopic (exact) mass is 210 g/mol. The van der Waals surface area contributed by atoms with Crippen LogP contribution in [0.4, 0.5) is 0 Å². The zero-order valence-electron chi connectivity index (χ0n) is 7.14. The van der Waals surface area contributed by atoms with Crippen LogP contribution in [0.15, 0.2) is 24.5 Å². The summed E-state index contributed by atoms with van der Waals surface area (Å²) in [5.74, 6) is -0.424. The second-order valence-electron chi connectivity index (χ2n) is 2.86. The first-order valence-corrected chi connectivity index (χ1v) is 4.38. The molecule has 0 spiro atoms. The Morgan fingerprint density at radius 1 is 1.64 bits per heavy atom. The van der Waals surface area contributed by atoms with E-state index in [0.29, 0.717) is 10.8 Å². The number of halogens is 1. The van der Waals surface area contributed by atoms with Gasteiger partial charge in [0, 0.05) is 6.20 Å². The number of carboxylic acids is 1. The van der Waals surface area contributed by atoms with Crippen LogP contribution < -0.4 is 0 Å². The molecule has 72 valence electrons. The Kier molecular flexibility index (Phi) is 2.13. The normalized spacial score (nSPS) is 10.6. The zero-order chi connectivity index (χ0) is 10.1. The van der Waals surface area contributed by atoms with E-state index in [-0.39, 0.29) is 6.42 Å². The minimum Gasteiger partial charge on any atom is -0.481 e. The molecular formula is C9H7ClN2O2. The van der Waals surface area contributed by atoms with Gasteiger partial charge in [-0.15, -0.1) is 0 Å². The smallest absolute Gasteiger partial charge is 0.311 e. The highest BCUT2D eigenvalue weighted by Gasteiger charge is 2.08. The Hall–Kier alpha value is -1.55. The average Bonchev–Trinajstić information content (AvgIpc) is 2.49. The summed E-state index contributed by atoms with van der Waals surface area (Å²) < 4.78 is 1.68. The summed E-state index contributed by atoms with van der Waals surface area (Å²) in [6.07, 6.45) is 3.21. The van der Waals surface area contributed by atoms with Crippen LogP contribution >= 0.6 is 11.6 Å². The lowest BCUT2D eigenvalue weighted by atomic mass is 10.4. The number of fused-ring (bicyclic) bond motifs is 1. The minimum atomic E-state index is -0.905. The SMILES string of the molecule is O=C(O)Cc1ncc2c(Cl)cccn12. The van der Waals surface area contributed by atoms with E-state index in [1.807, 2.05) is 0 Å². The molecule has 0 aliphatic rings. The van der Waals surface area contributed by atoms with E-state index in [1.54, 1.807) is 28.9 Å². The van der Waals surface area contributed by atoms with Crippen molar-refractivity contribution in [1.82, 2.24) is 9.38 Å². The van der Waals surface area contributed by atoms with Crippen molar-refractivity contribution in [2.24, 2.45) is 0 Å². The maximum absolute atomic E-state index is 10.5. The molecule has 0 saturated carbocycles. The van der Waals surface area contributed by atoms with Gasteiger partial charge in [-0.05, 0) is 12.1 Å². The number of nitrogens with zero attached hydrogens (tertiary/aromatic N) is 2. The molecule has 0 radical (unpaired) electrons. The summed E-state index contributed by atoms with van der Waals surface area (Å²) in [6, 6.07) is 3.49. The number of pyridine rings is 1. The van der Waals surface area contributed by atoms with Gasteiger partial charge in [0.2, 0.25) is 0 Å². The van der Waals surface area contributed by atoms with E-state index in [2.05, 4.69) is 4.98 Å². The van der Waals surface area contributed by atoms with E-state index in [0.717, 1.165) is 5.52 Å². The van der Waals surface area contributed by atoms with Gasteiger partial charge in [-0.25, -0.2) is 4.98 Å². The van der Waals surface area contributed by atoms with E-state index in [9.17, 15) is 4.79 Å². The molecule has 0 saturated heterocycles. The molecule has 14 heavy (non-hydrogen) atoms. The van der Waals surface area contributed by atoms with Crippen molar-refractivity contribution in [3.05, 3.63) is 35.4 Å². The molecule has 0 aliphatic carbocycles. The Balaban J connectivity index is 2.58. The highest BCUT2D eigenvalue weighted by atomic mass is 35.5. The van der Waals surface area contributed by atoms with E-state index < -0.39 is 5.97 Å². The summed E-state index contributed by atoms with van der Waals surface area (Å²) in [5, 5.41) is 9.19. The second-order valence-corrected chi connectivity index (χ2v) is 3.26. The van der Waals surface area contributed by atoms with Crippen molar-refractivity contribution >= 4 is 23.1 Å². The molecule has 1 N–H and O–H groups in total. The molecule has 2 aromatic heterocycles. The van der Waals surface area contributed by atoms with Crippen LogP contribution in [-0.4, -0.2) is 20.5 Å². The number of hydrogen-bond acceptors (Lipinski definition) is 2. The molecule has 5 heteroatoms. The van der Waals surface area contributed by atoms with Crippen LogP contribution in [0, 0.1) is 0 Å². The quantitative estimate of drug-likeness (QED) is 0.820. The van der Waals surface area contributed by atoms with Crippen LogP contribution in [-0.2, 0) is 11.2 Å². The first-order valence-electron chi connectivity index (χ1n) is 4.01. The van der Waals surface area contributed by atoms with Crippen LogP contribution in [0.5, 0.6) is 0 Å². The highest BCUT2D eigenvalue weighted by molar-refractivity contribution is 6.33. The van der Waals surface area contributed by atoms with Gasteiger partial charge in [-0.3, -0.25) is 4.79 Å². The number of imidazole rings is 1. The molecule has 0 aromatic carbocycles. The van der Waals surface area contributed by atoms with Crippen molar-refractivity contribution in [3.63, 3.8) is 0 Å². The summed E-state index contributed by atoms with van der Waals surface area (Å²) in [6.45, 7) is 0. The standard InChI is InChI=1S/C9H7ClN2O2/c10-6-2-1-3-12-7(6)5-11-8(12)4-9(13)14/h1-3,5H,4H2,(H,13,14). The van der Waals surface area contributed by atoms with Crippen LogP contribution in [0.2, 0.25) is 5.02 Å². The number of rotatable bonds is 2. The number of carboxylic acid groups (broad SMARTS) is 1. The molecule has 0 bridgehead atoms. The largest absolute Gasteiger partial charge is 0.481 e. The number of aromatic nitrogens is 2. The lowest BCUT2D eigenvalue weighted by Crippen LogP contribution is -2.04. The van der Waals surface area contributed by atoms with Crippen LogP contribution in [0.1, 0.15) is 5.82 Å². The third-order valence-electron chi connectivity index (χ3n) is 1.91. The molecule has 0 unspecified atom stereocenters. The number of hydrogen-bond donors (Lipinski definition) is 1. The Bertz CT molecular complexity index is 493. The minimum absolute atomic E-state index is 0.103. The van der Waals surface area contributed by atoms with Crippen LogP contribution in [0.3, 0.4) is 0 Å². The highest BCUT2D eigenvalue weighted by Crippen LogP contribution is 2.17. The lowest BCUT2D eigenvalue weighted by Gasteiger charge is -1.98. The van der Waals surface area contributed by atoms with Gasteiger partial charge in [-0.2, -0.15) is 0 Å². The van der Waals surface area contributed by atoms with Gasteiger partial charge in [-0.1, -0.05) is 11.6 Å². The van der Waals surface area contributed by atoms with E-state index in [4.69, 9.17) is 16.7 Å². The predicted octanol–water partition coefficient (Wildman–Crippen LogP) is 1.61. The summed E-state index contributed by atoms with van der Waals surface area (Å²) in [5.41, 5.74) is 0.727. The molecule has 2 aromatic rings. The fourth-order valence-corrected chi connectivity index (χ4v) is 1.52. The van der Waals surface area contributed by atoms with E-state index in [1.165, 1.54) is 0 Å². The number of carbonyl (C=O) groups is 1. The maximum Gasteiger partial charge on any atom is 0.311 e. The Labute approximate surface area is 84.8 Å². The predicted molar refractivity (Wildman–Crippen MR) is 51.5 cm³/mol. The Morgan fingerprint density at radius 2 is 2.43 bits per heavy atom. The summed E-state index contributed by atoms with van der Waals surface area (Å²) in [7, 11) is 0. The third kappa shape index (κ3) is 1.44. The topological polar surface area (TPSA) is 54.6 Å². The van der Waals surface area contributed by atoms with Gasteiger partial charge in [0.25, 0.3) is 0 Å². The van der Waals surface area contributed by atoms with Gasteiger partial charge >= 0.3 is 5.97 Å². The molecule has 0 fully saturated rings. The molecule has 2 rings (SSSR count). The zero-order valence-corrected chi connectivity index (χ0v) is 7.90. The first kappa shape index (κ1) is 9.02.